The standard InChI is InChI=1S/C22H20ClNO4S2/c1-3-10-24-21(25)20(30-22(24)29)14-15-8-9-18(19(13-15)26-2)28-12-11-27-17-7-5-4-6-16(17)23/h3-9,13-14H,1,10-12H2,2H3. The largest absolute Gasteiger partial charge is 0.493 e. The predicted octanol–water partition coefficient (Wildman–Crippen LogP) is 5.19. The van der Waals surface area contributed by atoms with Gasteiger partial charge in [0.05, 0.1) is 17.0 Å². The monoisotopic (exact) mass is 461 g/mol. The van der Waals surface area contributed by atoms with Crippen molar-refractivity contribution in [1.82, 2.24) is 4.90 Å². The smallest absolute Gasteiger partial charge is 0.266 e. The zero-order valence-electron chi connectivity index (χ0n) is 16.3. The van der Waals surface area contributed by atoms with E-state index in [4.69, 9.17) is 38.0 Å². The molecule has 1 aliphatic rings. The Labute approximate surface area is 190 Å². The molecule has 1 amide bonds. The quantitative estimate of drug-likeness (QED) is 0.221. The van der Waals surface area contributed by atoms with Gasteiger partial charge in [0.1, 0.15) is 23.3 Å². The topological polar surface area (TPSA) is 48.0 Å². The molecule has 0 spiro atoms. The average Bonchev–Trinajstić information content (AvgIpc) is 3.00. The minimum atomic E-state index is -0.124. The number of carbonyl (C=O) groups is 1. The van der Waals surface area contributed by atoms with Gasteiger partial charge in [0.15, 0.2) is 11.5 Å². The second kappa shape index (κ2) is 10.5. The summed E-state index contributed by atoms with van der Waals surface area (Å²) in [6.07, 6.45) is 3.44. The van der Waals surface area contributed by atoms with Crippen LogP contribution in [0, 0.1) is 0 Å². The van der Waals surface area contributed by atoms with Crippen LogP contribution in [0.15, 0.2) is 60.0 Å². The van der Waals surface area contributed by atoms with Gasteiger partial charge in [0.2, 0.25) is 0 Å². The Morgan fingerprint density at radius 1 is 1.13 bits per heavy atom. The van der Waals surface area contributed by atoms with E-state index < -0.39 is 0 Å². The van der Waals surface area contributed by atoms with E-state index >= 15 is 0 Å². The maximum Gasteiger partial charge on any atom is 0.266 e. The maximum atomic E-state index is 12.5. The molecule has 5 nitrogen and oxygen atoms in total. The van der Waals surface area contributed by atoms with Gasteiger partial charge in [-0.25, -0.2) is 0 Å². The number of thioether (sulfide) groups is 1. The molecule has 0 aliphatic carbocycles. The van der Waals surface area contributed by atoms with Gasteiger partial charge in [-0.1, -0.05) is 59.9 Å². The molecule has 1 fully saturated rings. The normalized spacial score (nSPS) is 14.9. The number of para-hydroxylation sites is 1. The van der Waals surface area contributed by atoms with Crippen LogP contribution in [0.1, 0.15) is 5.56 Å². The van der Waals surface area contributed by atoms with Crippen LogP contribution < -0.4 is 14.2 Å². The number of carbonyl (C=O) groups excluding carboxylic acids is 1. The van der Waals surface area contributed by atoms with Gasteiger partial charge in [0, 0.05) is 6.54 Å². The summed E-state index contributed by atoms with van der Waals surface area (Å²) in [7, 11) is 1.57. The Hall–Kier alpha value is -2.48. The van der Waals surface area contributed by atoms with Crippen LogP contribution in [0.5, 0.6) is 17.2 Å². The second-order valence-corrected chi connectivity index (χ2v) is 8.20. The molecule has 0 bridgehead atoms. The first kappa shape index (κ1) is 22.2. The van der Waals surface area contributed by atoms with Gasteiger partial charge in [-0.05, 0) is 35.9 Å². The fourth-order valence-electron chi connectivity index (χ4n) is 2.70. The number of rotatable bonds is 9. The van der Waals surface area contributed by atoms with E-state index in [1.807, 2.05) is 24.3 Å². The molecule has 0 unspecified atom stereocenters. The van der Waals surface area contributed by atoms with Crippen molar-refractivity contribution in [3.05, 3.63) is 70.6 Å². The van der Waals surface area contributed by atoms with Crippen LogP contribution in [0.3, 0.4) is 0 Å². The van der Waals surface area contributed by atoms with Gasteiger partial charge in [-0.15, -0.1) is 6.58 Å². The lowest BCUT2D eigenvalue weighted by atomic mass is 10.2. The van der Waals surface area contributed by atoms with E-state index in [1.54, 1.807) is 37.5 Å². The molecule has 1 heterocycles. The molecular weight excluding hydrogens is 442 g/mol. The second-order valence-electron chi connectivity index (χ2n) is 6.12. The molecule has 30 heavy (non-hydrogen) atoms. The highest BCUT2D eigenvalue weighted by molar-refractivity contribution is 8.26. The third-order valence-electron chi connectivity index (χ3n) is 4.11. The van der Waals surface area contributed by atoms with Gasteiger partial charge >= 0.3 is 0 Å². The molecule has 0 N–H and O–H groups in total. The van der Waals surface area contributed by atoms with Crippen LogP contribution in [-0.4, -0.2) is 42.0 Å². The van der Waals surface area contributed by atoms with Gasteiger partial charge in [-0.3, -0.25) is 9.69 Å². The first-order chi connectivity index (χ1) is 14.5. The summed E-state index contributed by atoms with van der Waals surface area (Å²) in [6.45, 7) is 4.71. The van der Waals surface area contributed by atoms with Crippen LogP contribution in [0.25, 0.3) is 6.08 Å². The van der Waals surface area contributed by atoms with E-state index in [2.05, 4.69) is 6.58 Å². The average molecular weight is 462 g/mol. The molecule has 156 valence electrons. The summed E-state index contributed by atoms with van der Waals surface area (Å²) in [5.74, 6) is 1.62. The van der Waals surface area contributed by atoms with Crippen LogP contribution in [0.4, 0.5) is 0 Å². The zero-order valence-corrected chi connectivity index (χ0v) is 18.7. The Bertz CT molecular complexity index is 993. The summed E-state index contributed by atoms with van der Waals surface area (Å²) in [5.41, 5.74) is 0.811. The van der Waals surface area contributed by atoms with Crippen molar-refractivity contribution in [1.29, 1.82) is 0 Å². The number of methoxy groups -OCH3 is 1. The lowest BCUT2D eigenvalue weighted by molar-refractivity contribution is -0.121. The Morgan fingerprint density at radius 3 is 2.57 bits per heavy atom. The molecule has 1 saturated heterocycles. The van der Waals surface area contributed by atoms with Crippen molar-refractivity contribution in [2.45, 2.75) is 0 Å². The molecule has 2 aromatic carbocycles. The van der Waals surface area contributed by atoms with Gasteiger partial charge in [-0.2, -0.15) is 0 Å². The number of halogens is 1. The summed E-state index contributed by atoms with van der Waals surface area (Å²) in [4.78, 5) is 14.6. The highest BCUT2D eigenvalue weighted by Gasteiger charge is 2.30. The SMILES string of the molecule is C=CCN1C(=O)C(=Cc2ccc(OCCOc3ccccc3Cl)c(OC)c2)SC1=S. The summed E-state index contributed by atoms with van der Waals surface area (Å²) in [6, 6.07) is 12.7. The van der Waals surface area contributed by atoms with Gasteiger partial charge in [0.25, 0.3) is 5.91 Å². The number of benzene rings is 2. The molecule has 1 aliphatic heterocycles. The zero-order chi connectivity index (χ0) is 21.5. The first-order valence-electron chi connectivity index (χ1n) is 9.08. The summed E-state index contributed by atoms with van der Waals surface area (Å²) in [5, 5.41) is 0.554. The third kappa shape index (κ3) is 5.36. The van der Waals surface area contributed by atoms with E-state index in [1.165, 1.54) is 16.7 Å². The number of nitrogens with zero attached hydrogens (tertiary/aromatic N) is 1. The molecule has 0 saturated carbocycles. The van der Waals surface area contributed by atoms with Gasteiger partial charge < -0.3 is 14.2 Å². The third-order valence-corrected chi connectivity index (χ3v) is 5.80. The summed E-state index contributed by atoms with van der Waals surface area (Å²) < 4.78 is 17.4. The van der Waals surface area contributed by atoms with Crippen molar-refractivity contribution < 1.29 is 19.0 Å². The highest BCUT2D eigenvalue weighted by Crippen LogP contribution is 2.34. The number of thiocarbonyl (C=S) groups is 1. The number of ether oxygens (including phenoxy) is 3. The Balaban J connectivity index is 1.63. The lowest BCUT2D eigenvalue weighted by Crippen LogP contribution is -2.27. The minimum absolute atomic E-state index is 0.124. The van der Waals surface area contributed by atoms with Crippen molar-refractivity contribution in [3.8, 4) is 17.2 Å². The van der Waals surface area contributed by atoms with E-state index in [9.17, 15) is 4.79 Å². The van der Waals surface area contributed by atoms with Crippen LogP contribution in [-0.2, 0) is 4.79 Å². The lowest BCUT2D eigenvalue weighted by Gasteiger charge is -2.13. The minimum Gasteiger partial charge on any atom is -0.493 e. The molecular formula is C22H20ClNO4S2. The molecule has 0 aromatic heterocycles. The number of hydrogen-bond acceptors (Lipinski definition) is 6. The van der Waals surface area contributed by atoms with Crippen molar-refractivity contribution in [2.75, 3.05) is 26.9 Å². The molecule has 8 heteroatoms. The first-order valence-corrected chi connectivity index (χ1v) is 10.7. The van der Waals surface area contributed by atoms with Crippen molar-refractivity contribution in [3.63, 3.8) is 0 Å². The Kier molecular flexibility index (Phi) is 7.79. The fourth-order valence-corrected chi connectivity index (χ4v) is 4.16. The van der Waals surface area contributed by atoms with E-state index in [0.29, 0.717) is 51.3 Å². The fraction of sp³-hybridized carbons (Fsp3) is 0.182. The maximum absolute atomic E-state index is 12.5. The van der Waals surface area contributed by atoms with Crippen LogP contribution >= 0.6 is 35.6 Å². The Morgan fingerprint density at radius 2 is 1.87 bits per heavy atom. The number of hydrogen-bond donors (Lipinski definition) is 0. The summed E-state index contributed by atoms with van der Waals surface area (Å²) >= 11 is 12.6. The van der Waals surface area contributed by atoms with Crippen LogP contribution in [0.2, 0.25) is 5.02 Å². The highest BCUT2D eigenvalue weighted by atomic mass is 35.5. The number of amides is 1. The molecule has 0 atom stereocenters. The molecule has 0 radical (unpaired) electrons. The molecule has 2 aromatic rings. The molecule has 3 rings (SSSR count). The predicted molar refractivity (Wildman–Crippen MR) is 126 cm³/mol. The van der Waals surface area contributed by atoms with Crippen molar-refractivity contribution in [2.24, 2.45) is 0 Å². The van der Waals surface area contributed by atoms with E-state index in [0.717, 1.165) is 5.56 Å². The van der Waals surface area contributed by atoms with Crippen molar-refractivity contribution >= 4 is 51.9 Å². The van der Waals surface area contributed by atoms with E-state index in [-0.39, 0.29) is 5.91 Å².